The molecule has 0 fully saturated rings. The summed E-state index contributed by atoms with van der Waals surface area (Å²) in [6.07, 6.45) is 3.48. The molecule has 0 aliphatic carbocycles. The number of halogens is 2. The molecule has 1 aromatic carbocycles. The van der Waals surface area contributed by atoms with E-state index in [0.29, 0.717) is 16.3 Å². The zero-order chi connectivity index (χ0) is 14.8. The van der Waals surface area contributed by atoms with Crippen molar-refractivity contribution >= 4 is 50.5 Å². The fourth-order valence-corrected chi connectivity index (χ4v) is 3.15. The first kappa shape index (κ1) is 14.3. The maximum Gasteiger partial charge on any atom is 0.256 e. The summed E-state index contributed by atoms with van der Waals surface area (Å²) in [4.78, 5) is 12.3. The van der Waals surface area contributed by atoms with Gasteiger partial charge in [-0.2, -0.15) is 5.10 Å². The molecule has 21 heavy (non-hydrogen) atoms. The number of nitrogens with one attached hydrogen (secondary N) is 1. The van der Waals surface area contributed by atoms with Gasteiger partial charge in [0.05, 0.1) is 20.7 Å². The Balaban J connectivity index is 1.94. The molecule has 1 amide bonds. The molecule has 1 N–H and O–H groups in total. The molecular formula is C14H9BrClN3OS. The molecule has 0 aliphatic rings. The van der Waals surface area contributed by atoms with Gasteiger partial charge >= 0.3 is 0 Å². The smallest absolute Gasteiger partial charge is 0.256 e. The summed E-state index contributed by atoms with van der Waals surface area (Å²) < 4.78 is 2.58. The van der Waals surface area contributed by atoms with E-state index in [2.05, 4.69) is 26.3 Å². The molecule has 0 spiro atoms. The Bertz CT molecular complexity index is 785. The van der Waals surface area contributed by atoms with Gasteiger partial charge in [-0.3, -0.25) is 4.79 Å². The monoisotopic (exact) mass is 381 g/mol. The number of rotatable bonds is 3. The first-order chi connectivity index (χ1) is 10.1. The summed E-state index contributed by atoms with van der Waals surface area (Å²) in [7, 11) is 0. The molecule has 3 aromatic rings. The van der Waals surface area contributed by atoms with Crippen LogP contribution in [-0.4, -0.2) is 15.7 Å². The second-order valence-electron chi connectivity index (χ2n) is 4.21. The van der Waals surface area contributed by atoms with Crippen LogP contribution in [0.25, 0.3) is 5.69 Å². The minimum Gasteiger partial charge on any atom is -0.320 e. The molecule has 0 unspecified atom stereocenters. The van der Waals surface area contributed by atoms with Crippen LogP contribution in [0, 0.1) is 0 Å². The summed E-state index contributed by atoms with van der Waals surface area (Å²) >= 11 is 10.8. The van der Waals surface area contributed by atoms with Crippen LogP contribution in [0.3, 0.4) is 0 Å². The molecule has 4 nitrogen and oxygen atoms in total. The minimum atomic E-state index is -0.187. The van der Waals surface area contributed by atoms with E-state index in [1.807, 2.05) is 12.1 Å². The second-order valence-corrected chi connectivity index (χ2v) is 6.93. The number of amides is 1. The maximum absolute atomic E-state index is 12.3. The number of nitrogens with zero attached hydrogens (tertiary/aromatic N) is 2. The lowest BCUT2D eigenvalue weighted by molar-refractivity contribution is 0.102. The number of carbonyl (C=O) groups is 1. The molecule has 2 aromatic heterocycles. The fraction of sp³-hybridized carbons (Fsp3) is 0. The number of aromatic nitrogens is 2. The van der Waals surface area contributed by atoms with Crippen LogP contribution in [0.2, 0.25) is 5.02 Å². The van der Waals surface area contributed by atoms with E-state index in [0.717, 1.165) is 9.47 Å². The average molecular weight is 383 g/mol. The molecule has 0 radical (unpaired) electrons. The van der Waals surface area contributed by atoms with E-state index in [4.69, 9.17) is 11.6 Å². The van der Waals surface area contributed by atoms with Gasteiger partial charge in [-0.15, -0.1) is 11.3 Å². The zero-order valence-electron chi connectivity index (χ0n) is 10.6. The first-order valence-electron chi connectivity index (χ1n) is 5.98. The highest BCUT2D eigenvalue weighted by Crippen LogP contribution is 2.26. The highest BCUT2D eigenvalue weighted by molar-refractivity contribution is 9.11. The van der Waals surface area contributed by atoms with Crippen molar-refractivity contribution in [3.05, 3.63) is 62.5 Å². The number of benzene rings is 1. The molecule has 0 saturated carbocycles. The van der Waals surface area contributed by atoms with Gasteiger partial charge in [-0.25, -0.2) is 4.68 Å². The number of hydrogen-bond donors (Lipinski definition) is 1. The molecule has 0 atom stereocenters. The highest BCUT2D eigenvalue weighted by atomic mass is 79.9. The van der Waals surface area contributed by atoms with Crippen LogP contribution in [0.15, 0.2) is 51.9 Å². The van der Waals surface area contributed by atoms with Crippen molar-refractivity contribution in [2.45, 2.75) is 0 Å². The van der Waals surface area contributed by atoms with Crippen LogP contribution in [0.5, 0.6) is 0 Å². The summed E-state index contributed by atoms with van der Waals surface area (Å²) in [5, 5.41) is 9.39. The summed E-state index contributed by atoms with van der Waals surface area (Å²) in [6.45, 7) is 0. The van der Waals surface area contributed by atoms with Crippen LogP contribution in [0.1, 0.15) is 10.4 Å². The summed E-state index contributed by atoms with van der Waals surface area (Å²) in [5.41, 5.74) is 1.96. The Morgan fingerprint density at radius 2 is 2.24 bits per heavy atom. The molecule has 0 aliphatic heterocycles. The number of hydrogen-bond acceptors (Lipinski definition) is 3. The third kappa shape index (κ3) is 3.18. The standard InChI is InChI=1S/C14H9BrClN3OS/c15-13-6-9(8-21-13)14(20)18-11-7-10(16)2-3-12(11)19-5-1-4-17-19/h1-8H,(H,18,20). The zero-order valence-corrected chi connectivity index (χ0v) is 13.7. The fourth-order valence-electron chi connectivity index (χ4n) is 1.84. The van der Waals surface area contributed by atoms with Gasteiger partial charge in [-0.1, -0.05) is 11.6 Å². The van der Waals surface area contributed by atoms with E-state index < -0.39 is 0 Å². The van der Waals surface area contributed by atoms with Crippen LogP contribution in [0.4, 0.5) is 5.69 Å². The Hall–Kier alpha value is -1.63. The molecule has 0 saturated heterocycles. The van der Waals surface area contributed by atoms with Crippen molar-refractivity contribution in [3.8, 4) is 5.69 Å². The molecule has 2 heterocycles. The first-order valence-corrected chi connectivity index (χ1v) is 8.03. The molecule has 106 valence electrons. The van der Waals surface area contributed by atoms with Crippen LogP contribution >= 0.6 is 38.9 Å². The third-order valence-corrected chi connectivity index (χ3v) is 4.53. The average Bonchev–Trinajstić information content (AvgIpc) is 3.10. The predicted octanol–water partition coefficient (Wildman–Crippen LogP) is 4.60. The number of carbonyl (C=O) groups excluding carboxylic acids is 1. The Morgan fingerprint density at radius 3 is 2.90 bits per heavy atom. The summed E-state index contributed by atoms with van der Waals surface area (Å²) in [5.74, 6) is -0.187. The number of thiophene rings is 1. The lowest BCUT2D eigenvalue weighted by atomic mass is 10.2. The van der Waals surface area contributed by atoms with Crippen molar-refractivity contribution in [2.75, 3.05) is 5.32 Å². The lowest BCUT2D eigenvalue weighted by Gasteiger charge is -2.11. The van der Waals surface area contributed by atoms with Gasteiger partial charge in [0.2, 0.25) is 0 Å². The molecule has 3 rings (SSSR count). The van der Waals surface area contributed by atoms with Crippen molar-refractivity contribution < 1.29 is 4.79 Å². The van der Waals surface area contributed by atoms with Crippen molar-refractivity contribution in [2.24, 2.45) is 0 Å². The van der Waals surface area contributed by atoms with E-state index in [1.54, 1.807) is 40.7 Å². The minimum absolute atomic E-state index is 0.187. The molecular weight excluding hydrogens is 374 g/mol. The van der Waals surface area contributed by atoms with Crippen molar-refractivity contribution in [1.82, 2.24) is 9.78 Å². The summed E-state index contributed by atoms with van der Waals surface area (Å²) in [6, 6.07) is 8.87. The van der Waals surface area contributed by atoms with E-state index in [9.17, 15) is 4.79 Å². The Labute approximate surface area is 138 Å². The van der Waals surface area contributed by atoms with Gasteiger partial charge < -0.3 is 5.32 Å². The highest BCUT2D eigenvalue weighted by Gasteiger charge is 2.12. The molecule has 0 bridgehead atoms. The van der Waals surface area contributed by atoms with Crippen molar-refractivity contribution in [3.63, 3.8) is 0 Å². The van der Waals surface area contributed by atoms with E-state index in [1.165, 1.54) is 11.3 Å². The topological polar surface area (TPSA) is 46.9 Å². The van der Waals surface area contributed by atoms with Gasteiger partial charge in [0, 0.05) is 22.8 Å². The largest absolute Gasteiger partial charge is 0.320 e. The maximum atomic E-state index is 12.3. The second kappa shape index (κ2) is 6.01. The van der Waals surface area contributed by atoms with Gasteiger partial charge in [-0.05, 0) is 46.3 Å². The quantitative estimate of drug-likeness (QED) is 0.719. The number of anilines is 1. The van der Waals surface area contributed by atoms with Gasteiger partial charge in [0.15, 0.2) is 0 Å². The Kier molecular flexibility index (Phi) is 4.10. The van der Waals surface area contributed by atoms with E-state index >= 15 is 0 Å². The Morgan fingerprint density at radius 1 is 1.38 bits per heavy atom. The third-order valence-electron chi connectivity index (χ3n) is 2.79. The van der Waals surface area contributed by atoms with Crippen molar-refractivity contribution in [1.29, 1.82) is 0 Å². The van der Waals surface area contributed by atoms with Crippen LogP contribution < -0.4 is 5.32 Å². The molecule has 7 heteroatoms. The van der Waals surface area contributed by atoms with Crippen LogP contribution in [-0.2, 0) is 0 Å². The normalized spacial score (nSPS) is 10.6. The predicted molar refractivity (Wildman–Crippen MR) is 88.5 cm³/mol. The van der Waals surface area contributed by atoms with Gasteiger partial charge in [0.1, 0.15) is 0 Å². The van der Waals surface area contributed by atoms with E-state index in [-0.39, 0.29) is 5.91 Å². The SMILES string of the molecule is O=C(Nc1cc(Cl)ccc1-n1cccn1)c1csc(Br)c1. The van der Waals surface area contributed by atoms with Gasteiger partial charge in [0.25, 0.3) is 5.91 Å². The lowest BCUT2D eigenvalue weighted by Crippen LogP contribution is -2.13.